The Labute approximate surface area is 149 Å². The molecule has 0 fully saturated rings. The van der Waals surface area contributed by atoms with Crippen molar-refractivity contribution in [2.75, 3.05) is 0 Å². The zero-order valence-electron chi connectivity index (χ0n) is 14.5. The van der Waals surface area contributed by atoms with Crippen molar-refractivity contribution < 1.29 is 0 Å². The predicted molar refractivity (Wildman–Crippen MR) is 111 cm³/mol. The molecule has 0 saturated heterocycles. The third kappa shape index (κ3) is 4.43. The summed E-state index contributed by atoms with van der Waals surface area (Å²) in [6.07, 6.45) is 0. The monoisotopic (exact) mass is 417 g/mol. The molecule has 0 aliphatic rings. The lowest BCUT2D eigenvalue weighted by molar-refractivity contribution is 1.32. The first-order valence-corrected chi connectivity index (χ1v) is 15.8. The average molecular weight is 419 g/mol. The number of rotatable bonds is 9. The van der Waals surface area contributed by atoms with Crippen molar-refractivity contribution in [3.63, 3.8) is 0 Å². The lowest BCUT2D eigenvalue weighted by Crippen LogP contribution is -2.45. The van der Waals surface area contributed by atoms with Gasteiger partial charge in [-0.3, -0.25) is 0 Å². The van der Waals surface area contributed by atoms with E-state index in [0.29, 0.717) is 0 Å². The minimum atomic E-state index is -0.348. The van der Waals surface area contributed by atoms with E-state index in [2.05, 4.69) is 68.8 Å². The summed E-state index contributed by atoms with van der Waals surface area (Å²) < 4.78 is 5.19. The first kappa shape index (κ1) is 19.9. The first-order valence-electron chi connectivity index (χ1n) is 8.46. The van der Waals surface area contributed by atoms with Crippen LogP contribution < -0.4 is 14.2 Å². The van der Waals surface area contributed by atoms with Gasteiger partial charge < -0.3 is 0 Å². The van der Waals surface area contributed by atoms with E-state index in [1.165, 1.54) is 36.3 Å². The van der Waals surface area contributed by atoms with Crippen molar-refractivity contribution in [3.8, 4) is 0 Å². The second-order valence-corrected chi connectivity index (χ2v) is 17.3. The molecule has 21 heavy (non-hydrogen) atoms. The molecular formula is C16H30BrSSi3. The molecule has 0 atom stereocenters. The molecule has 0 aliphatic heterocycles. The van der Waals surface area contributed by atoms with Gasteiger partial charge in [0.25, 0.3) is 0 Å². The zero-order valence-corrected chi connectivity index (χ0v) is 19.9. The molecule has 3 radical (unpaired) electrons. The lowest BCUT2D eigenvalue weighted by Gasteiger charge is -2.17. The number of halogens is 1. The van der Waals surface area contributed by atoms with Crippen molar-refractivity contribution in [1.29, 1.82) is 0 Å². The zero-order chi connectivity index (χ0) is 16.0. The van der Waals surface area contributed by atoms with Gasteiger partial charge in [0.1, 0.15) is 8.80 Å². The molecule has 0 spiro atoms. The van der Waals surface area contributed by atoms with Crippen LogP contribution in [0.5, 0.6) is 0 Å². The quantitative estimate of drug-likeness (QED) is 0.508. The summed E-state index contributed by atoms with van der Waals surface area (Å²) in [6.45, 7) is 14.4. The number of hydrogen-bond donors (Lipinski definition) is 0. The molecule has 1 aromatic heterocycles. The maximum Gasteiger partial charge on any atom is 0.100 e. The largest absolute Gasteiger partial charge is 0.154 e. The van der Waals surface area contributed by atoms with Crippen molar-refractivity contribution in [3.05, 3.63) is 4.47 Å². The summed E-state index contributed by atoms with van der Waals surface area (Å²) in [4.78, 5) is 0. The molecule has 5 heteroatoms. The molecule has 1 rings (SSSR count). The highest BCUT2D eigenvalue weighted by atomic mass is 79.9. The fourth-order valence-electron chi connectivity index (χ4n) is 2.95. The van der Waals surface area contributed by atoms with Crippen LogP contribution in [0.25, 0.3) is 0 Å². The van der Waals surface area contributed by atoms with E-state index in [0.717, 1.165) is 0 Å². The van der Waals surface area contributed by atoms with Gasteiger partial charge in [0.05, 0.1) is 17.6 Å². The van der Waals surface area contributed by atoms with Gasteiger partial charge in [-0.1, -0.05) is 93.7 Å². The molecule has 0 amide bonds. The Kier molecular flexibility index (Phi) is 9.33. The van der Waals surface area contributed by atoms with Gasteiger partial charge in [-0.05, 0) is 9.69 Å². The average Bonchev–Trinajstić information content (AvgIpc) is 2.82. The number of hydrogen-bond acceptors (Lipinski definition) is 1. The Morgan fingerprint density at radius 3 is 1.43 bits per heavy atom. The molecule has 0 saturated carbocycles. The first-order chi connectivity index (χ1) is 10.1. The topological polar surface area (TPSA) is 0 Å². The highest BCUT2D eigenvalue weighted by Gasteiger charge is 2.29. The smallest absolute Gasteiger partial charge is 0.100 e. The molecule has 0 bridgehead atoms. The summed E-state index contributed by atoms with van der Waals surface area (Å²) in [6, 6.07) is 8.30. The third-order valence-corrected chi connectivity index (χ3v) is 17.9. The van der Waals surface area contributed by atoms with Crippen LogP contribution in [0.15, 0.2) is 4.47 Å². The fraction of sp³-hybridized carbons (Fsp3) is 0.750. The highest BCUT2D eigenvalue weighted by molar-refractivity contribution is 9.11. The number of thiophene rings is 1. The van der Waals surface area contributed by atoms with Crippen molar-refractivity contribution in [1.82, 2.24) is 0 Å². The summed E-state index contributed by atoms with van der Waals surface area (Å²) >= 11 is 6.30. The Morgan fingerprint density at radius 2 is 1.05 bits per heavy atom. The summed E-state index contributed by atoms with van der Waals surface area (Å²) in [5.41, 5.74) is 0. The predicted octanol–water partition coefficient (Wildman–Crippen LogP) is 4.74. The Bertz CT molecular complexity index is 421. The van der Waals surface area contributed by atoms with E-state index >= 15 is 0 Å². The van der Waals surface area contributed by atoms with Crippen LogP contribution in [-0.2, 0) is 0 Å². The summed E-state index contributed by atoms with van der Waals surface area (Å²) in [7, 11) is -0.989. The van der Waals surface area contributed by atoms with Gasteiger partial charge in [0.2, 0.25) is 0 Å². The van der Waals surface area contributed by atoms with Crippen molar-refractivity contribution >= 4 is 67.8 Å². The molecule has 119 valence electrons. The minimum absolute atomic E-state index is 0.315. The highest BCUT2D eigenvalue weighted by Crippen LogP contribution is 2.18. The van der Waals surface area contributed by atoms with Crippen LogP contribution >= 0.6 is 27.3 Å². The Morgan fingerprint density at radius 1 is 0.667 bits per heavy atom. The SMILES string of the molecule is CC[Si](CC)c1sc([Si](CC)CC)c([Si](CC)CC)c1Br. The van der Waals surface area contributed by atoms with Gasteiger partial charge in [0, 0.05) is 8.97 Å². The standard InChI is InChI=1S/C16H30BrSSi3/c1-7-19(8-2)14-13(17)15(20(9-3)10-4)18-16(14)21(11-5)12-6/h7-12H2,1-6H3. The fourth-order valence-corrected chi connectivity index (χ4v) is 16.8. The van der Waals surface area contributed by atoms with Crippen molar-refractivity contribution in [2.24, 2.45) is 0 Å². The molecule has 1 heterocycles. The van der Waals surface area contributed by atoms with Crippen LogP contribution in [0.3, 0.4) is 0 Å². The van der Waals surface area contributed by atoms with Crippen molar-refractivity contribution in [2.45, 2.75) is 77.8 Å². The van der Waals surface area contributed by atoms with Crippen LogP contribution in [0.4, 0.5) is 0 Å². The molecule has 0 nitrogen and oxygen atoms in total. The Balaban J connectivity index is 3.42. The van der Waals surface area contributed by atoms with Crippen LogP contribution in [0.1, 0.15) is 41.5 Å². The summed E-state index contributed by atoms with van der Waals surface area (Å²) in [5, 5.41) is 1.83. The van der Waals surface area contributed by atoms with E-state index in [1.54, 1.807) is 8.97 Å². The molecule has 0 aliphatic carbocycles. The van der Waals surface area contributed by atoms with E-state index in [1.807, 2.05) is 9.69 Å². The minimum Gasteiger partial charge on any atom is -0.154 e. The Hall–Kier alpha value is 0.831. The van der Waals surface area contributed by atoms with E-state index in [9.17, 15) is 0 Å². The molecular weight excluding hydrogens is 388 g/mol. The van der Waals surface area contributed by atoms with Crippen LogP contribution in [0.2, 0.25) is 36.3 Å². The van der Waals surface area contributed by atoms with E-state index in [-0.39, 0.29) is 26.4 Å². The second-order valence-electron chi connectivity index (χ2n) is 5.38. The molecule has 0 aromatic carbocycles. The summed E-state index contributed by atoms with van der Waals surface area (Å²) in [5.74, 6) is 0. The lowest BCUT2D eigenvalue weighted by atomic mass is 10.6. The second kappa shape index (κ2) is 9.86. The normalized spacial score (nSPS) is 12.1. The van der Waals surface area contributed by atoms with E-state index in [4.69, 9.17) is 0 Å². The maximum absolute atomic E-state index is 4.07. The third-order valence-electron chi connectivity index (χ3n) is 4.41. The van der Waals surface area contributed by atoms with Crippen LogP contribution in [0, 0.1) is 0 Å². The van der Waals surface area contributed by atoms with Crippen LogP contribution in [-0.4, -0.2) is 26.4 Å². The van der Waals surface area contributed by atoms with E-state index < -0.39 is 0 Å². The van der Waals surface area contributed by atoms with Gasteiger partial charge in [-0.15, -0.1) is 0 Å². The maximum atomic E-state index is 4.07. The van der Waals surface area contributed by atoms with Gasteiger partial charge >= 0.3 is 0 Å². The molecule has 1 aromatic rings. The van der Waals surface area contributed by atoms with Gasteiger partial charge in [-0.2, -0.15) is 11.3 Å². The molecule has 0 unspecified atom stereocenters. The van der Waals surface area contributed by atoms with Gasteiger partial charge in [-0.25, -0.2) is 0 Å². The van der Waals surface area contributed by atoms with Gasteiger partial charge in [0.15, 0.2) is 0 Å². The molecule has 0 N–H and O–H groups in total.